The predicted molar refractivity (Wildman–Crippen MR) is 170 cm³/mol. The molecule has 0 aliphatic carbocycles. The number of sulfonamides is 1. The fourth-order valence-electron chi connectivity index (χ4n) is 5.32. The summed E-state index contributed by atoms with van der Waals surface area (Å²) in [6.07, 6.45) is 3.93. The standard InChI is InChI=1S/C18H28N2O.C15H23NO4S/c1-5-18(21)19(4)13-15-6-7-16-8-10-20(14(2)3)11-9-17(16)12-15;1-6-7-13(17)10-16(4)21(18,19)15-11(2)8-14(20-5)9-12(15)3/h6-7,12,14H,5,8-11,13H2,1-4H3;8-9H,6-7,10H2,1-5H3. The van der Waals surface area contributed by atoms with Gasteiger partial charge in [0, 0.05) is 52.6 Å². The molecule has 1 aliphatic rings. The Morgan fingerprint density at radius 2 is 1.57 bits per heavy atom. The van der Waals surface area contributed by atoms with Gasteiger partial charge < -0.3 is 14.5 Å². The zero-order valence-corrected chi connectivity index (χ0v) is 27.9. The number of hydrogen-bond donors (Lipinski definition) is 0. The van der Waals surface area contributed by atoms with E-state index in [1.54, 1.807) is 26.0 Å². The summed E-state index contributed by atoms with van der Waals surface area (Å²) in [5.74, 6) is 0.747. The van der Waals surface area contributed by atoms with Crippen LogP contribution in [-0.2, 0) is 39.0 Å². The molecule has 0 unspecified atom stereocenters. The minimum Gasteiger partial charge on any atom is -0.497 e. The van der Waals surface area contributed by atoms with E-state index in [2.05, 4.69) is 36.9 Å². The molecule has 0 atom stereocenters. The van der Waals surface area contributed by atoms with Crippen LogP contribution in [0.4, 0.5) is 0 Å². The van der Waals surface area contributed by atoms with Crippen LogP contribution in [0.1, 0.15) is 74.8 Å². The van der Waals surface area contributed by atoms with E-state index in [0.29, 0.717) is 48.7 Å². The van der Waals surface area contributed by atoms with Crippen molar-refractivity contribution in [1.29, 1.82) is 0 Å². The van der Waals surface area contributed by atoms with Crippen LogP contribution in [0.2, 0.25) is 0 Å². The molecular weight excluding hydrogens is 550 g/mol. The number of fused-ring (bicyclic) bond motifs is 1. The van der Waals surface area contributed by atoms with Gasteiger partial charge in [-0.25, -0.2) is 8.42 Å². The second kappa shape index (κ2) is 16.2. The zero-order chi connectivity index (χ0) is 31.6. The molecule has 0 radical (unpaired) electrons. The van der Waals surface area contributed by atoms with Gasteiger partial charge in [0.05, 0.1) is 18.6 Å². The van der Waals surface area contributed by atoms with Gasteiger partial charge in [-0.15, -0.1) is 0 Å². The molecule has 8 nitrogen and oxygen atoms in total. The number of benzene rings is 2. The van der Waals surface area contributed by atoms with Crippen molar-refractivity contribution in [3.05, 3.63) is 58.1 Å². The highest BCUT2D eigenvalue weighted by molar-refractivity contribution is 7.89. The third kappa shape index (κ3) is 9.64. The fourth-order valence-corrected chi connectivity index (χ4v) is 6.88. The summed E-state index contributed by atoms with van der Waals surface area (Å²) in [6, 6.07) is 10.7. The smallest absolute Gasteiger partial charge is 0.243 e. The Morgan fingerprint density at radius 1 is 0.976 bits per heavy atom. The van der Waals surface area contributed by atoms with Crippen molar-refractivity contribution >= 4 is 21.7 Å². The van der Waals surface area contributed by atoms with Gasteiger partial charge in [0.2, 0.25) is 15.9 Å². The Labute approximate surface area is 254 Å². The lowest BCUT2D eigenvalue weighted by atomic mass is 10.00. The van der Waals surface area contributed by atoms with Crippen molar-refractivity contribution in [2.45, 2.75) is 91.1 Å². The normalized spacial score (nSPS) is 13.7. The van der Waals surface area contributed by atoms with Crippen LogP contribution in [0, 0.1) is 13.8 Å². The van der Waals surface area contributed by atoms with Gasteiger partial charge in [0.1, 0.15) is 11.5 Å². The molecule has 0 N–H and O–H groups in total. The van der Waals surface area contributed by atoms with Crippen LogP contribution in [-0.4, -0.2) is 81.1 Å². The molecule has 42 heavy (non-hydrogen) atoms. The van der Waals surface area contributed by atoms with Crippen LogP contribution < -0.4 is 4.74 Å². The van der Waals surface area contributed by atoms with Gasteiger partial charge in [0.25, 0.3) is 0 Å². The highest BCUT2D eigenvalue weighted by Crippen LogP contribution is 2.28. The third-order valence-corrected chi connectivity index (χ3v) is 9.86. The molecule has 1 aliphatic heterocycles. The molecule has 3 rings (SSSR count). The summed E-state index contributed by atoms with van der Waals surface area (Å²) >= 11 is 0. The minimum absolute atomic E-state index is 0.0765. The monoisotopic (exact) mass is 601 g/mol. The number of methoxy groups -OCH3 is 1. The van der Waals surface area contributed by atoms with Crippen LogP contribution in [0.15, 0.2) is 35.2 Å². The minimum atomic E-state index is -3.68. The van der Waals surface area contributed by atoms with Crippen LogP contribution >= 0.6 is 0 Å². The SMILES string of the molecule is CCC(=O)N(C)Cc1ccc2c(c1)CCN(C(C)C)CC2.CCCC(=O)CN(C)S(=O)(=O)c1c(C)cc(OC)cc1C. The van der Waals surface area contributed by atoms with Crippen molar-refractivity contribution in [2.75, 3.05) is 40.8 Å². The summed E-state index contributed by atoms with van der Waals surface area (Å²) in [6.45, 7) is 14.7. The largest absolute Gasteiger partial charge is 0.497 e. The summed E-state index contributed by atoms with van der Waals surface area (Å²) in [4.78, 5) is 28.0. The Balaban J connectivity index is 0.000000293. The number of amides is 1. The lowest BCUT2D eigenvalue weighted by molar-refractivity contribution is -0.130. The lowest BCUT2D eigenvalue weighted by Gasteiger charge is -2.23. The van der Waals surface area contributed by atoms with E-state index in [-0.39, 0.29) is 23.1 Å². The number of ketones is 1. The lowest BCUT2D eigenvalue weighted by Crippen LogP contribution is -2.33. The summed E-state index contributed by atoms with van der Waals surface area (Å²) in [5.41, 5.74) is 5.42. The number of nitrogens with zero attached hydrogens (tertiary/aromatic N) is 3. The van der Waals surface area contributed by atoms with Crippen molar-refractivity contribution < 1.29 is 22.7 Å². The molecule has 0 aromatic heterocycles. The zero-order valence-electron chi connectivity index (χ0n) is 27.1. The van der Waals surface area contributed by atoms with E-state index in [4.69, 9.17) is 4.74 Å². The number of likely N-dealkylation sites (N-methyl/N-ethyl adjacent to an activating group) is 1. The average molecular weight is 602 g/mol. The Hall–Kier alpha value is -2.75. The number of hydrogen-bond acceptors (Lipinski definition) is 6. The highest BCUT2D eigenvalue weighted by atomic mass is 32.2. The Bertz CT molecular complexity index is 1300. The number of rotatable bonds is 11. The Kier molecular flexibility index (Phi) is 13.7. The maximum atomic E-state index is 12.6. The molecule has 9 heteroatoms. The first-order valence-electron chi connectivity index (χ1n) is 15.0. The van der Waals surface area contributed by atoms with E-state index in [9.17, 15) is 18.0 Å². The van der Waals surface area contributed by atoms with E-state index in [1.165, 1.54) is 30.8 Å². The van der Waals surface area contributed by atoms with Gasteiger partial charge >= 0.3 is 0 Å². The van der Waals surface area contributed by atoms with Crippen molar-refractivity contribution in [1.82, 2.24) is 14.1 Å². The summed E-state index contributed by atoms with van der Waals surface area (Å²) in [5, 5.41) is 0. The first kappa shape index (κ1) is 35.4. The molecule has 2 aromatic carbocycles. The number of aryl methyl sites for hydroxylation is 2. The molecule has 0 fully saturated rings. The van der Waals surface area contributed by atoms with Crippen molar-refractivity contribution in [2.24, 2.45) is 0 Å². The molecule has 1 heterocycles. The second-order valence-electron chi connectivity index (χ2n) is 11.5. The van der Waals surface area contributed by atoms with Crippen LogP contribution in [0.5, 0.6) is 5.75 Å². The number of Topliss-reactive ketones (excluding diaryl/α,β-unsaturated/α-hetero) is 1. The summed E-state index contributed by atoms with van der Waals surface area (Å²) < 4.78 is 31.5. The molecular formula is C33H51N3O5S. The van der Waals surface area contributed by atoms with Gasteiger partial charge in [-0.2, -0.15) is 4.31 Å². The van der Waals surface area contributed by atoms with Gasteiger partial charge in [0.15, 0.2) is 0 Å². The fraction of sp³-hybridized carbons (Fsp3) is 0.576. The highest BCUT2D eigenvalue weighted by Gasteiger charge is 2.26. The van der Waals surface area contributed by atoms with Crippen molar-refractivity contribution in [3.63, 3.8) is 0 Å². The van der Waals surface area contributed by atoms with E-state index < -0.39 is 10.0 Å². The predicted octanol–water partition coefficient (Wildman–Crippen LogP) is 5.17. The quantitative estimate of drug-likeness (QED) is 0.354. The first-order valence-corrected chi connectivity index (χ1v) is 16.4. The molecule has 0 saturated carbocycles. The molecule has 0 saturated heterocycles. The molecule has 0 spiro atoms. The average Bonchev–Trinajstić information content (AvgIpc) is 3.14. The number of carbonyl (C=O) groups is 2. The van der Waals surface area contributed by atoms with Crippen LogP contribution in [0.25, 0.3) is 0 Å². The van der Waals surface area contributed by atoms with E-state index in [1.807, 2.05) is 25.8 Å². The maximum Gasteiger partial charge on any atom is 0.243 e. The van der Waals surface area contributed by atoms with Gasteiger partial charge in [-0.3, -0.25) is 9.59 Å². The number of carbonyl (C=O) groups excluding carboxylic acids is 2. The summed E-state index contributed by atoms with van der Waals surface area (Å²) in [7, 11) is 1.18. The molecule has 2 aromatic rings. The molecule has 234 valence electrons. The number of ether oxygens (including phenoxy) is 1. The van der Waals surface area contributed by atoms with Gasteiger partial charge in [-0.05, 0) is 86.9 Å². The Morgan fingerprint density at radius 3 is 2.10 bits per heavy atom. The van der Waals surface area contributed by atoms with Gasteiger partial charge in [-0.1, -0.05) is 32.0 Å². The van der Waals surface area contributed by atoms with Crippen molar-refractivity contribution in [3.8, 4) is 5.75 Å². The van der Waals surface area contributed by atoms with Crippen LogP contribution in [0.3, 0.4) is 0 Å². The first-order chi connectivity index (χ1) is 19.7. The third-order valence-electron chi connectivity index (χ3n) is 7.75. The molecule has 0 bridgehead atoms. The topological polar surface area (TPSA) is 87.2 Å². The molecule has 1 amide bonds. The van der Waals surface area contributed by atoms with E-state index >= 15 is 0 Å². The maximum absolute atomic E-state index is 12.6. The second-order valence-corrected chi connectivity index (χ2v) is 13.5. The van der Waals surface area contributed by atoms with E-state index in [0.717, 1.165) is 30.2 Å².